The van der Waals surface area contributed by atoms with E-state index in [-0.39, 0.29) is 0 Å². The molecule has 1 aromatic carbocycles. The Hall–Kier alpha value is -0.470. The second-order valence-electron chi connectivity index (χ2n) is 5.97. The predicted octanol–water partition coefficient (Wildman–Crippen LogP) is 4.14. The van der Waals surface area contributed by atoms with E-state index in [2.05, 4.69) is 51.2 Å². The second kappa shape index (κ2) is 5.03. The smallest absolute Gasteiger partial charge is 0.0208 e. The van der Waals surface area contributed by atoms with Gasteiger partial charge in [0.15, 0.2) is 0 Å². The Morgan fingerprint density at radius 2 is 2.00 bits per heavy atom. The molecule has 0 unspecified atom stereocenters. The van der Waals surface area contributed by atoms with Crippen LogP contribution in [0.3, 0.4) is 0 Å². The van der Waals surface area contributed by atoms with Crippen LogP contribution in [0.5, 0.6) is 0 Å². The molecule has 94 valence electrons. The Morgan fingerprint density at radius 1 is 1.29 bits per heavy atom. The highest BCUT2D eigenvalue weighted by Crippen LogP contribution is 2.34. The molecule has 17 heavy (non-hydrogen) atoms. The monoisotopic (exact) mass is 249 g/mol. The summed E-state index contributed by atoms with van der Waals surface area (Å²) in [4.78, 5) is 1.41. The zero-order valence-corrected chi connectivity index (χ0v) is 12.2. The van der Waals surface area contributed by atoms with Gasteiger partial charge in [-0.2, -0.15) is 0 Å². The summed E-state index contributed by atoms with van der Waals surface area (Å²) in [6.45, 7) is 10.0. The van der Waals surface area contributed by atoms with Crippen LogP contribution in [-0.2, 0) is 6.54 Å². The molecule has 1 aliphatic carbocycles. The molecule has 1 fully saturated rings. The minimum absolute atomic E-state index is 0.290. The van der Waals surface area contributed by atoms with Gasteiger partial charge in [0.1, 0.15) is 0 Å². The average Bonchev–Trinajstić information content (AvgIpc) is 3.00. The number of aryl methyl sites for hydroxylation is 1. The third kappa shape index (κ3) is 4.36. The quantitative estimate of drug-likeness (QED) is 0.805. The molecule has 0 heterocycles. The van der Waals surface area contributed by atoms with Crippen molar-refractivity contribution in [3.05, 3.63) is 29.3 Å². The molecule has 1 aliphatic rings. The Morgan fingerprint density at radius 3 is 2.53 bits per heavy atom. The first kappa shape index (κ1) is 13.0. The van der Waals surface area contributed by atoms with Crippen molar-refractivity contribution in [2.24, 2.45) is 0 Å². The fourth-order valence-electron chi connectivity index (χ4n) is 1.82. The second-order valence-corrected chi connectivity index (χ2v) is 7.84. The third-order valence-electron chi connectivity index (χ3n) is 2.83. The normalized spacial score (nSPS) is 16.2. The van der Waals surface area contributed by atoms with Crippen LogP contribution in [-0.4, -0.2) is 10.8 Å². The maximum Gasteiger partial charge on any atom is 0.0208 e. The lowest BCUT2D eigenvalue weighted by Gasteiger charge is -2.19. The van der Waals surface area contributed by atoms with E-state index in [0.29, 0.717) is 4.75 Å². The lowest BCUT2D eigenvalue weighted by Crippen LogP contribution is -2.15. The summed E-state index contributed by atoms with van der Waals surface area (Å²) in [6, 6.07) is 7.65. The Labute approximate surface area is 109 Å². The van der Waals surface area contributed by atoms with E-state index in [9.17, 15) is 0 Å². The molecule has 0 amide bonds. The van der Waals surface area contributed by atoms with E-state index in [4.69, 9.17) is 0 Å². The molecule has 2 rings (SSSR count). The molecule has 0 aliphatic heterocycles. The van der Waals surface area contributed by atoms with Crippen molar-refractivity contribution >= 4 is 11.8 Å². The largest absolute Gasteiger partial charge is 0.310 e. The highest BCUT2D eigenvalue weighted by atomic mass is 32.2. The maximum absolute atomic E-state index is 3.56. The van der Waals surface area contributed by atoms with Crippen LogP contribution in [0.15, 0.2) is 23.1 Å². The molecule has 0 atom stereocenters. The fraction of sp³-hybridized carbons (Fsp3) is 0.600. The summed E-state index contributed by atoms with van der Waals surface area (Å²) in [5, 5.41) is 3.56. The first-order valence-corrected chi connectivity index (χ1v) is 7.28. The summed E-state index contributed by atoms with van der Waals surface area (Å²) in [7, 11) is 0. The highest BCUT2D eigenvalue weighted by Gasteiger charge is 2.20. The number of thioether (sulfide) groups is 1. The van der Waals surface area contributed by atoms with E-state index in [1.165, 1.54) is 28.9 Å². The van der Waals surface area contributed by atoms with Crippen LogP contribution < -0.4 is 5.32 Å². The van der Waals surface area contributed by atoms with Gasteiger partial charge in [0, 0.05) is 22.2 Å². The first-order valence-electron chi connectivity index (χ1n) is 6.46. The number of hydrogen-bond acceptors (Lipinski definition) is 2. The zero-order chi connectivity index (χ0) is 12.5. The number of hydrogen-bond donors (Lipinski definition) is 1. The van der Waals surface area contributed by atoms with Crippen LogP contribution >= 0.6 is 11.8 Å². The van der Waals surface area contributed by atoms with Gasteiger partial charge in [0.25, 0.3) is 0 Å². The van der Waals surface area contributed by atoms with Gasteiger partial charge < -0.3 is 5.32 Å². The molecule has 0 aromatic heterocycles. The molecule has 0 saturated heterocycles. The van der Waals surface area contributed by atoms with Gasteiger partial charge in [-0.25, -0.2) is 0 Å². The van der Waals surface area contributed by atoms with Crippen LogP contribution in [0.2, 0.25) is 0 Å². The third-order valence-corrected chi connectivity index (χ3v) is 4.12. The van der Waals surface area contributed by atoms with E-state index < -0.39 is 0 Å². The first-order chi connectivity index (χ1) is 7.94. The van der Waals surface area contributed by atoms with Crippen molar-refractivity contribution in [2.45, 2.75) is 62.8 Å². The number of nitrogens with one attached hydrogen (secondary N) is 1. The molecule has 2 heteroatoms. The topological polar surface area (TPSA) is 12.0 Å². The zero-order valence-electron chi connectivity index (χ0n) is 11.3. The standard InChI is InChI=1S/C15H23NS/c1-11-9-12(10-16-13-6-7-13)5-8-14(11)17-15(2,3)4/h5,8-9,13,16H,6-7,10H2,1-4H3. The summed E-state index contributed by atoms with van der Waals surface area (Å²) in [5.74, 6) is 0. The van der Waals surface area contributed by atoms with Crippen molar-refractivity contribution in [3.8, 4) is 0 Å². The average molecular weight is 249 g/mol. The van der Waals surface area contributed by atoms with E-state index in [1.807, 2.05) is 11.8 Å². The number of rotatable bonds is 4. The van der Waals surface area contributed by atoms with Crippen LogP contribution in [0.4, 0.5) is 0 Å². The molecule has 1 nitrogen and oxygen atoms in total. The van der Waals surface area contributed by atoms with Crippen molar-refractivity contribution in [1.82, 2.24) is 5.32 Å². The van der Waals surface area contributed by atoms with Crippen LogP contribution in [0.1, 0.15) is 44.7 Å². The molecule has 1 saturated carbocycles. The molecular weight excluding hydrogens is 226 g/mol. The van der Waals surface area contributed by atoms with Crippen molar-refractivity contribution in [2.75, 3.05) is 0 Å². The maximum atomic E-state index is 3.56. The SMILES string of the molecule is Cc1cc(CNC2CC2)ccc1SC(C)(C)C. The van der Waals surface area contributed by atoms with E-state index >= 15 is 0 Å². The molecule has 0 radical (unpaired) electrons. The highest BCUT2D eigenvalue weighted by molar-refractivity contribution is 8.00. The fourth-order valence-corrected chi connectivity index (χ4v) is 2.83. The molecule has 0 bridgehead atoms. The minimum Gasteiger partial charge on any atom is -0.310 e. The van der Waals surface area contributed by atoms with Gasteiger partial charge in [-0.05, 0) is 37.0 Å². The number of benzene rings is 1. The molecule has 0 spiro atoms. The summed E-state index contributed by atoms with van der Waals surface area (Å²) in [5.41, 5.74) is 2.81. The van der Waals surface area contributed by atoms with E-state index in [0.717, 1.165) is 12.6 Å². The Balaban J connectivity index is 1.99. The minimum atomic E-state index is 0.290. The van der Waals surface area contributed by atoms with E-state index in [1.54, 1.807) is 0 Å². The lowest BCUT2D eigenvalue weighted by atomic mass is 10.1. The van der Waals surface area contributed by atoms with Gasteiger partial charge in [0.05, 0.1) is 0 Å². The van der Waals surface area contributed by atoms with Gasteiger partial charge in [-0.1, -0.05) is 32.9 Å². The Kier molecular flexibility index (Phi) is 3.84. The lowest BCUT2D eigenvalue weighted by molar-refractivity contribution is 0.687. The van der Waals surface area contributed by atoms with Crippen LogP contribution in [0, 0.1) is 6.92 Å². The molecular formula is C15H23NS. The van der Waals surface area contributed by atoms with Gasteiger partial charge >= 0.3 is 0 Å². The molecule has 1 aromatic rings. The van der Waals surface area contributed by atoms with Crippen molar-refractivity contribution < 1.29 is 0 Å². The van der Waals surface area contributed by atoms with Crippen molar-refractivity contribution in [1.29, 1.82) is 0 Å². The van der Waals surface area contributed by atoms with Crippen molar-refractivity contribution in [3.63, 3.8) is 0 Å². The predicted molar refractivity (Wildman–Crippen MR) is 76.7 cm³/mol. The van der Waals surface area contributed by atoms with Gasteiger partial charge in [0.2, 0.25) is 0 Å². The summed E-state index contributed by atoms with van der Waals surface area (Å²) < 4.78 is 0.290. The van der Waals surface area contributed by atoms with Gasteiger partial charge in [-0.3, -0.25) is 0 Å². The van der Waals surface area contributed by atoms with Crippen LogP contribution in [0.25, 0.3) is 0 Å². The molecule has 1 N–H and O–H groups in total. The summed E-state index contributed by atoms with van der Waals surface area (Å²) >= 11 is 1.95. The summed E-state index contributed by atoms with van der Waals surface area (Å²) in [6.07, 6.45) is 2.72. The Bertz CT molecular complexity index is 388. The van der Waals surface area contributed by atoms with Gasteiger partial charge in [-0.15, -0.1) is 11.8 Å².